The number of hydrogen-bond acceptors (Lipinski definition) is 5. The van der Waals surface area contributed by atoms with Crippen LogP contribution in [0.5, 0.6) is 17.2 Å². The van der Waals surface area contributed by atoms with Gasteiger partial charge >= 0.3 is 0 Å². The summed E-state index contributed by atoms with van der Waals surface area (Å²) < 4.78 is 22.1. The molecule has 0 radical (unpaired) electrons. The molecule has 0 aliphatic heterocycles. The minimum absolute atomic E-state index is 0.0807. The van der Waals surface area contributed by atoms with Crippen LogP contribution in [0.15, 0.2) is 47.1 Å². The molecule has 3 aromatic rings. The second-order valence-electron chi connectivity index (χ2n) is 6.66. The van der Waals surface area contributed by atoms with Gasteiger partial charge in [0, 0.05) is 17.0 Å². The molecule has 6 heteroatoms. The highest BCUT2D eigenvalue weighted by Crippen LogP contribution is 2.31. The Morgan fingerprint density at radius 1 is 1.07 bits per heavy atom. The van der Waals surface area contributed by atoms with Crippen LogP contribution in [0.1, 0.15) is 37.9 Å². The van der Waals surface area contributed by atoms with E-state index in [0.717, 1.165) is 22.3 Å². The van der Waals surface area contributed by atoms with Crippen LogP contribution in [0.25, 0.3) is 11.0 Å². The number of hydrogen-bond donors (Lipinski definition) is 1. The Bertz CT molecular complexity index is 979. The van der Waals surface area contributed by atoms with Crippen molar-refractivity contribution in [1.82, 2.24) is 5.32 Å². The molecule has 29 heavy (non-hydrogen) atoms. The molecular formula is C23H27NO5. The quantitative estimate of drug-likeness (QED) is 0.569. The molecule has 6 nitrogen and oxygen atoms in total. The SMILES string of the molecule is CCOc1ccc([C@H](C)NC(=O)Cc2coc3cc(OC)ccc23)cc1OCC. The highest BCUT2D eigenvalue weighted by atomic mass is 16.5. The molecule has 1 atom stereocenters. The predicted octanol–water partition coefficient (Wildman–Crippen LogP) is 4.66. The van der Waals surface area contributed by atoms with Gasteiger partial charge in [0.25, 0.3) is 0 Å². The van der Waals surface area contributed by atoms with Crippen molar-refractivity contribution < 1.29 is 23.4 Å². The predicted molar refractivity (Wildman–Crippen MR) is 112 cm³/mol. The summed E-state index contributed by atoms with van der Waals surface area (Å²) in [5.74, 6) is 2.03. The van der Waals surface area contributed by atoms with Gasteiger partial charge in [0.15, 0.2) is 11.5 Å². The topological polar surface area (TPSA) is 69.9 Å². The smallest absolute Gasteiger partial charge is 0.225 e. The summed E-state index contributed by atoms with van der Waals surface area (Å²) in [5.41, 5.74) is 2.49. The molecule has 3 rings (SSSR count). The van der Waals surface area contributed by atoms with E-state index in [1.165, 1.54) is 0 Å². The third-order valence-corrected chi connectivity index (χ3v) is 4.66. The highest BCUT2D eigenvalue weighted by molar-refractivity contribution is 5.88. The molecule has 0 aliphatic rings. The molecule has 0 bridgehead atoms. The van der Waals surface area contributed by atoms with Gasteiger partial charge in [0.2, 0.25) is 5.91 Å². The molecule has 0 saturated heterocycles. The van der Waals surface area contributed by atoms with Crippen LogP contribution in [0.4, 0.5) is 0 Å². The van der Waals surface area contributed by atoms with Crippen molar-refractivity contribution in [2.24, 2.45) is 0 Å². The minimum Gasteiger partial charge on any atom is -0.497 e. The van der Waals surface area contributed by atoms with Gasteiger partial charge in [-0.15, -0.1) is 0 Å². The second kappa shape index (κ2) is 9.37. The van der Waals surface area contributed by atoms with Crippen LogP contribution in [0.2, 0.25) is 0 Å². The molecule has 2 aromatic carbocycles. The maximum absolute atomic E-state index is 12.6. The molecule has 0 saturated carbocycles. The van der Waals surface area contributed by atoms with E-state index in [1.807, 2.05) is 57.2 Å². The van der Waals surface area contributed by atoms with Crippen LogP contribution in [0.3, 0.4) is 0 Å². The number of ether oxygens (including phenoxy) is 3. The van der Waals surface area contributed by atoms with Crippen molar-refractivity contribution >= 4 is 16.9 Å². The Kier molecular flexibility index (Phi) is 6.65. The van der Waals surface area contributed by atoms with Crippen molar-refractivity contribution in [3.63, 3.8) is 0 Å². The largest absolute Gasteiger partial charge is 0.497 e. The fourth-order valence-electron chi connectivity index (χ4n) is 3.21. The first-order valence-corrected chi connectivity index (χ1v) is 9.78. The number of fused-ring (bicyclic) bond motifs is 1. The van der Waals surface area contributed by atoms with E-state index in [-0.39, 0.29) is 18.4 Å². The minimum atomic E-state index is -0.171. The molecule has 154 valence electrons. The van der Waals surface area contributed by atoms with Crippen molar-refractivity contribution in [2.45, 2.75) is 33.2 Å². The lowest BCUT2D eigenvalue weighted by atomic mass is 10.1. The zero-order valence-corrected chi connectivity index (χ0v) is 17.3. The summed E-state index contributed by atoms with van der Waals surface area (Å²) in [7, 11) is 1.61. The van der Waals surface area contributed by atoms with E-state index in [4.69, 9.17) is 18.6 Å². The van der Waals surface area contributed by atoms with E-state index in [0.29, 0.717) is 30.3 Å². The zero-order chi connectivity index (χ0) is 20.8. The summed E-state index contributed by atoms with van der Waals surface area (Å²) in [4.78, 5) is 12.6. The van der Waals surface area contributed by atoms with Gasteiger partial charge in [0.05, 0.1) is 39.0 Å². The second-order valence-corrected chi connectivity index (χ2v) is 6.66. The first-order valence-electron chi connectivity index (χ1n) is 9.78. The lowest BCUT2D eigenvalue weighted by Crippen LogP contribution is -2.28. The van der Waals surface area contributed by atoms with Gasteiger partial charge in [-0.3, -0.25) is 4.79 Å². The van der Waals surface area contributed by atoms with Gasteiger partial charge in [-0.05, 0) is 50.6 Å². The van der Waals surface area contributed by atoms with Gasteiger partial charge in [-0.25, -0.2) is 0 Å². The molecule has 0 aliphatic carbocycles. The summed E-state index contributed by atoms with van der Waals surface area (Å²) in [6.45, 7) is 6.92. The molecule has 0 unspecified atom stereocenters. The van der Waals surface area contributed by atoms with Crippen molar-refractivity contribution in [3.05, 3.63) is 53.8 Å². The van der Waals surface area contributed by atoms with E-state index >= 15 is 0 Å². The number of carbonyl (C=O) groups is 1. The molecule has 0 spiro atoms. The number of rotatable bonds is 9. The third kappa shape index (κ3) is 4.83. The summed E-state index contributed by atoms with van der Waals surface area (Å²) in [6.07, 6.45) is 1.86. The fraction of sp³-hybridized carbons (Fsp3) is 0.348. The van der Waals surface area contributed by atoms with Crippen LogP contribution in [-0.2, 0) is 11.2 Å². The summed E-state index contributed by atoms with van der Waals surface area (Å²) in [5, 5.41) is 3.95. The average molecular weight is 397 g/mol. The first kappa shape index (κ1) is 20.6. The molecule has 1 N–H and O–H groups in total. The monoisotopic (exact) mass is 397 g/mol. The maximum Gasteiger partial charge on any atom is 0.225 e. The Morgan fingerprint density at radius 2 is 1.83 bits per heavy atom. The van der Waals surface area contributed by atoms with Crippen LogP contribution in [0, 0.1) is 0 Å². The molecule has 1 heterocycles. The van der Waals surface area contributed by atoms with Crippen LogP contribution >= 0.6 is 0 Å². The van der Waals surface area contributed by atoms with Gasteiger partial charge in [0.1, 0.15) is 11.3 Å². The lowest BCUT2D eigenvalue weighted by molar-refractivity contribution is -0.121. The Labute approximate surface area is 170 Å². The van der Waals surface area contributed by atoms with Crippen LogP contribution < -0.4 is 19.5 Å². The number of methoxy groups -OCH3 is 1. The number of amides is 1. The highest BCUT2D eigenvalue weighted by Gasteiger charge is 2.16. The van der Waals surface area contributed by atoms with Gasteiger partial charge in [-0.1, -0.05) is 6.07 Å². The average Bonchev–Trinajstić information content (AvgIpc) is 3.11. The Hall–Kier alpha value is -3.15. The lowest BCUT2D eigenvalue weighted by Gasteiger charge is -2.17. The number of benzene rings is 2. The van der Waals surface area contributed by atoms with Crippen molar-refractivity contribution in [1.29, 1.82) is 0 Å². The van der Waals surface area contributed by atoms with E-state index in [2.05, 4.69) is 5.32 Å². The zero-order valence-electron chi connectivity index (χ0n) is 17.3. The molecule has 1 amide bonds. The molecule has 1 aromatic heterocycles. The Balaban J connectivity index is 1.70. The first-order chi connectivity index (χ1) is 14.0. The van der Waals surface area contributed by atoms with E-state index in [1.54, 1.807) is 13.4 Å². The number of nitrogens with one attached hydrogen (secondary N) is 1. The third-order valence-electron chi connectivity index (χ3n) is 4.66. The van der Waals surface area contributed by atoms with E-state index < -0.39 is 0 Å². The summed E-state index contributed by atoms with van der Waals surface area (Å²) in [6, 6.07) is 11.1. The Morgan fingerprint density at radius 3 is 2.55 bits per heavy atom. The number of carbonyl (C=O) groups excluding carboxylic acids is 1. The van der Waals surface area contributed by atoms with E-state index in [9.17, 15) is 4.79 Å². The summed E-state index contributed by atoms with van der Waals surface area (Å²) >= 11 is 0. The van der Waals surface area contributed by atoms with Gasteiger partial charge in [-0.2, -0.15) is 0 Å². The molecule has 0 fully saturated rings. The van der Waals surface area contributed by atoms with Crippen molar-refractivity contribution in [3.8, 4) is 17.2 Å². The number of furan rings is 1. The molecular weight excluding hydrogens is 370 g/mol. The van der Waals surface area contributed by atoms with Crippen LogP contribution in [-0.4, -0.2) is 26.2 Å². The standard InChI is InChI=1S/C23H27NO5/c1-5-27-20-10-7-16(11-22(20)28-6-2)15(3)24-23(25)12-17-14-29-21-13-18(26-4)8-9-19(17)21/h7-11,13-15H,5-6,12H2,1-4H3,(H,24,25)/t15-/m0/s1. The maximum atomic E-state index is 12.6. The van der Waals surface area contributed by atoms with Gasteiger partial charge < -0.3 is 23.9 Å². The van der Waals surface area contributed by atoms with Crippen molar-refractivity contribution in [2.75, 3.05) is 20.3 Å². The normalized spacial score (nSPS) is 11.9. The fourth-order valence-corrected chi connectivity index (χ4v) is 3.21.